The maximum absolute atomic E-state index is 11.6. The number of ether oxygens (including phenoxy) is 2. The first-order chi connectivity index (χ1) is 4.60. The van der Waals surface area contributed by atoms with Gasteiger partial charge in [0.15, 0.2) is 6.61 Å². The van der Waals surface area contributed by atoms with E-state index < -0.39 is 18.9 Å². The summed E-state index contributed by atoms with van der Waals surface area (Å²) < 4.78 is 30.4. The first-order valence-electron chi connectivity index (χ1n) is 2.34. The highest BCUT2D eigenvalue weighted by Crippen LogP contribution is 2.22. The van der Waals surface area contributed by atoms with Gasteiger partial charge in [-0.25, -0.2) is 4.79 Å². The summed E-state index contributed by atoms with van der Waals surface area (Å²) in [6.07, 6.45) is -4.72. The lowest BCUT2D eigenvalue weighted by atomic mass is 10.7. The molecule has 0 N–H and O–H groups in total. The second-order valence-electron chi connectivity index (χ2n) is 1.28. The fraction of sp³-hybridized carbons (Fsp3) is 0.400. The quantitative estimate of drug-likeness (QED) is 0.390. The van der Waals surface area contributed by atoms with Crippen molar-refractivity contribution in [3.63, 3.8) is 0 Å². The Morgan fingerprint density at radius 1 is 1.50 bits per heavy atom. The fourth-order valence-corrected chi connectivity index (χ4v) is 0.324. The lowest BCUT2D eigenvalue weighted by Gasteiger charge is -1.98. The average Bonchev–Trinajstić information content (AvgIpc) is 2.15. The predicted molar refractivity (Wildman–Crippen MR) is 28.6 cm³/mol. The Balaban J connectivity index is 0.000000371. The summed E-state index contributed by atoms with van der Waals surface area (Å²) in [6, 6.07) is 0. The minimum absolute atomic E-state index is 0.966. The predicted octanol–water partition coefficient (Wildman–Crippen LogP) is 1.55. The van der Waals surface area contributed by atoms with E-state index >= 15 is 0 Å². The van der Waals surface area contributed by atoms with Gasteiger partial charge in [-0.3, -0.25) is 0 Å². The summed E-state index contributed by atoms with van der Waals surface area (Å²) in [5.74, 6) is 0. The van der Waals surface area contributed by atoms with Crippen LogP contribution in [0.4, 0.5) is 13.6 Å². The van der Waals surface area contributed by atoms with E-state index in [0.29, 0.717) is 0 Å². The van der Waals surface area contributed by atoms with Gasteiger partial charge >= 0.3 is 12.3 Å². The summed E-state index contributed by atoms with van der Waals surface area (Å²) in [4.78, 5) is 9.73. The molecule has 0 bridgehead atoms. The molecule has 1 saturated heterocycles. The van der Waals surface area contributed by atoms with Gasteiger partial charge in [0, 0.05) is 0 Å². The van der Waals surface area contributed by atoms with E-state index in [1.165, 1.54) is 0 Å². The number of rotatable bonds is 0. The molecule has 0 amide bonds. The second-order valence-corrected chi connectivity index (χ2v) is 1.28. The SMILES string of the molecule is C=C.O=C1OCC(F)(F)O1. The maximum atomic E-state index is 11.6. The van der Waals surface area contributed by atoms with Gasteiger partial charge in [-0.15, -0.1) is 13.2 Å². The van der Waals surface area contributed by atoms with Crippen molar-refractivity contribution in [3.05, 3.63) is 13.2 Å². The van der Waals surface area contributed by atoms with Crippen molar-refractivity contribution in [2.24, 2.45) is 0 Å². The van der Waals surface area contributed by atoms with Crippen molar-refractivity contribution in [1.29, 1.82) is 0 Å². The van der Waals surface area contributed by atoms with Crippen molar-refractivity contribution in [1.82, 2.24) is 0 Å². The molecule has 1 fully saturated rings. The molecule has 10 heavy (non-hydrogen) atoms. The van der Waals surface area contributed by atoms with Gasteiger partial charge in [0.1, 0.15) is 0 Å². The van der Waals surface area contributed by atoms with Gasteiger partial charge in [-0.2, -0.15) is 8.78 Å². The first-order valence-corrected chi connectivity index (χ1v) is 2.34. The summed E-state index contributed by atoms with van der Waals surface area (Å²) in [7, 11) is 0. The molecule has 0 aromatic rings. The number of hydrogen-bond donors (Lipinski definition) is 0. The molecular formula is C5H6F2O3. The van der Waals surface area contributed by atoms with E-state index in [0.717, 1.165) is 0 Å². The van der Waals surface area contributed by atoms with Crippen LogP contribution in [-0.2, 0) is 9.47 Å². The molecule has 1 heterocycles. The molecule has 3 nitrogen and oxygen atoms in total. The summed E-state index contributed by atoms with van der Waals surface area (Å²) in [5, 5.41) is 0. The average molecular weight is 152 g/mol. The zero-order valence-corrected chi connectivity index (χ0v) is 5.10. The van der Waals surface area contributed by atoms with Crippen LogP contribution in [-0.4, -0.2) is 18.9 Å². The van der Waals surface area contributed by atoms with Crippen LogP contribution >= 0.6 is 0 Å². The molecule has 0 aromatic heterocycles. The Kier molecular flexibility index (Phi) is 2.79. The molecule has 0 aromatic carbocycles. The zero-order valence-electron chi connectivity index (χ0n) is 5.10. The van der Waals surface area contributed by atoms with Crippen LogP contribution in [0.1, 0.15) is 0 Å². The standard InChI is InChI=1S/C3H2F2O3.C2H4/c4-3(5)1-7-2(6)8-3;1-2/h1H2;1-2H2. The van der Waals surface area contributed by atoms with Crippen LogP contribution < -0.4 is 0 Å². The molecule has 1 aliphatic heterocycles. The highest BCUT2D eigenvalue weighted by molar-refractivity contribution is 5.61. The molecule has 1 aliphatic rings. The number of carbonyl (C=O) groups excluding carboxylic acids is 1. The number of hydrogen-bond acceptors (Lipinski definition) is 3. The van der Waals surface area contributed by atoms with Gasteiger partial charge in [-0.05, 0) is 0 Å². The van der Waals surface area contributed by atoms with Crippen LogP contribution in [0.25, 0.3) is 0 Å². The van der Waals surface area contributed by atoms with Crippen LogP contribution in [0.3, 0.4) is 0 Å². The van der Waals surface area contributed by atoms with Crippen LogP contribution in [0, 0.1) is 0 Å². The van der Waals surface area contributed by atoms with Gasteiger partial charge in [0.25, 0.3) is 0 Å². The van der Waals surface area contributed by atoms with Gasteiger partial charge < -0.3 is 9.47 Å². The fourth-order valence-electron chi connectivity index (χ4n) is 0.324. The molecule has 1 rings (SSSR count). The van der Waals surface area contributed by atoms with E-state index in [4.69, 9.17) is 0 Å². The molecule has 0 radical (unpaired) electrons. The Morgan fingerprint density at radius 3 is 2.10 bits per heavy atom. The van der Waals surface area contributed by atoms with Crippen molar-refractivity contribution < 1.29 is 23.0 Å². The monoisotopic (exact) mass is 152 g/mol. The molecule has 0 saturated carbocycles. The minimum Gasteiger partial charge on any atom is -0.423 e. The minimum atomic E-state index is -3.41. The number of halogens is 2. The lowest BCUT2D eigenvalue weighted by Crippen LogP contribution is -2.17. The molecule has 0 aliphatic carbocycles. The van der Waals surface area contributed by atoms with E-state index in [1.807, 2.05) is 0 Å². The summed E-state index contributed by atoms with van der Waals surface area (Å²) in [5.41, 5.74) is 0. The normalized spacial score (nSPS) is 20.0. The molecular weight excluding hydrogens is 146 g/mol. The number of cyclic esters (lactones) is 2. The maximum Gasteiger partial charge on any atom is 0.513 e. The van der Waals surface area contributed by atoms with Crippen LogP contribution in [0.5, 0.6) is 0 Å². The van der Waals surface area contributed by atoms with E-state index in [9.17, 15) is 13.6 Å². The highest BCUT2D eigenvalue weighted by Gasteiger charge is 2.43. The third-order valence-electron chi connectivity index (χ3n) is 0.591. The topological polar surface area (TPSA) is 35.5 Å². The van der Waals surface area contributed by atoms with Crippen molar-refractivity contribution in [3.8, 4) is 0 Å². The summed E-state index contributed by atoms with van der Waals surface area (Å²) >= 11 is 0. The van der Waals surface area contributed by atoms with Crippen molar-refractivity contribution in [2.75, 3.05) is 6.61 Å². The Labute approximate surface area is 56.2 Å². The number of carbonyl (C=O) groups is 1. The largest absolute Gasteiger partial charge is 0.513 e. The molecule has 0 spiro atoms. The van der Waals surface area contributed by atoms with E-state index in [1.54, 1.807) is 0 Å². The molecule has 5 heteroatoms. The third kappa shape index (κ3) is 2.43. The zero-order chi connectivity index (χ0) is 8.20. The summed E-state index contributed by atoms with van der Waals surface area (Å²) in [6.45, 7) is 5.03. The third-order valence-corrected chi connectivity index (χ3v) is 0.591. The Morgan fingerprint density at radius 2 is 2.00 bits per heavy atom. The van der Waals surface area contributed by atoms with Gasteiger partial charge in [-0.1, -0.05) is 0 Å². The van der Waals surface area contributed by atoms with Gasteiger partial charge in [0.05, 0.1) is 0 Å². The highest BCUT2D eigenvalue weighted by atomic mass is 19.3. The Bertz CT molecular complexity index is 135. The van der Waals surface area contributed by atoms with E-state index in [2.05, 4.69) is 22.6 Å². The van der Waals surface area contributed by atoms with Crippen LogP contribution in [0.15, 0.2) is 13.2 Å². The van der Waals surface area contributed by atoms with Crippen molar-refractivity contribution in [2.45, 2.75) is 6.11 Å². The van der Waals surface area contributed by atoms with Crippen LogP contribution in [0.2, 0.25) is 0 Å². The smallest absolute Gasteiger partial charge is 0.423 e. The number of alkyl halides is 2. The van der Waals surface area contributed by atoms with Crippen molar-refractivity contribution >= 4 is 6.16 Å². The molecule has 0 unspecified atom stereocenters. The first kappa shape index (κ1) is 8.87. The molecule has 0 atom stereocenters. The molecule has 58 valence electrons. The van der Waals surface area contributed by atoms with Gasteiger partial charge in [0.2, 0.25) is 0 Å². The lowest BCUT2D eigenvalue weighted by molar-refractivity contribution is -0.170. The second kappa shape index (κ2) is 3.14. The van der Waals surface area contributed by atoms with E-state index in [-0.39, 0.29) is 0 Å². The Hall–Kier alpha value is -1.13.